The first-order valence-corrected chi connectivity index (χ1v) is 8.96. The Morgan fingerprint density at radius 1 is 1.08 bits per heavy atom. The number of allylic oxidation sites excluding steroid dienone is 3. The molecule has 1 fully saturated rings. The number of methoxy groups -OCH3 is 2. The fourth-order valence-electron chi connectivity index (χ4n) is 4.43. The van der Waals surface area contributed by atoms with Crippen molar-refractivity contribution in [1.29, 1.82) is 0 Å². The molecule has 3 atom stereocenters. The molecule has 0 spiro atoms. The van der Waals surface area contributed by atoms with Gasteiger partial charge in [-0.05, 0) is 79.7 Å². The van der Waals surface area contributed by atoms with Crippen molar-refractivity contribution in [3.05, 3.63) is 53.3 Å². The van der Waals surface area contributed by atoms with Crippen LogP contribution in [0.1, 0.15) is 43.6 Å². The smallest absolute Gasteiger partial charge is 0.118 e. The first kappa shape index (κ1) is 17.1. The van der Waals surface area contributed by atoms with Crippen molar-refractivity contribution in [2.24, 2.45) is 11.8 Å². The second kappa shape index (κ2) is 7.89. The number of ether oxygens (including phenoxy) is 2. The monoisotopic (exact) mass is 328 g/mol. The summed E-state index contributed by atoms with van der Waals surface area (Å²) < 4.78 is 10.7. The van der Waals surface area contributed by atoms with Gasteiger partial charge in [0.15, 0.2) is 0 Å². The molecular weight excluding hydrogens is 300 g/mol. The van der Waals surface area contributed by atoms with Gasteiger partial charge in [0, 0.05) is 6.61 Å². The lowest BCUT2D eigenvalue weighted by Crippen LogP contribution is -2.24. The van der Waals surface area contributed by atoms with E-state index >= 15 is 0 Å². The Bertz CT molecular complexity index is 600. The van der Waals surface area contributed by atoms with Crippen LogP contribution in [0.5, 0.6) is 5.75 Å². The number of rotatable bonds is 5. The highest BCUT2D eigenvalue weighted by atomic mass is 16.5. The number of aliphatic hydroxyl groups excluding tert-OH is 1. The van der Waals surface area contributed by atoms with E-state index in [1.54, 1.807) is 14.2 Å². The zero-order valence-electron chi connectivity index (χ0n) is 14.7. The molecule has 3 unspecified atom stereocenters. The van der Waals surface area contributed by atoms with Gasteiger partial charge in [-0.25, -0.2) is 0 Å². The minimum atomic E-state index is 0.252. The molecule has 24 heavy (non-hydrogen) atoms. The molecule has 1 aromatic rings. The van der Waals surface area contributed by atoms with Crippen molar-refractivity contribution in [2.45, 2.75) is 38.0 Å². The van der Waals surface area contributed by atoms with Crippen LogP contribution in [0.25, 0.3) is 0 Å². The Hall–Kier alpha value is -1.74. The van der Waals surface area contributed by atoms with Crippen molar-refractivity contribution in [3.63, 3.8) is 0 Å². The van der Waals surface area contributed by atoms with Crippen LogP contribution in [0, 0.1) is 11.8 Å². The fraction of sp³-hybridized carbons (Fsp3) is 0.524. The first-order valence-electron chi connectivity index (χ1n) is 8.96. The normalized spacial score (nSPS) is 26.7. The predicted molar refractivity (Wildman–Crippen MR) is 96.1 cm³/mol. The Balaban J connectivity index is 1.89. The second-order valence-electron chi connectivity index (χ2n) is 6.82. The number of fused-ring (bicyclic) bond motifs is 1. The predicted octanol–water partition coefficient (Wildman–Crippen LogP) is 4.44. The van der Waals surface area contributed by atoms with Gasteiger partial charge in [-0.2, -0.15) is 0 Å². The minimum absolute atomic E-state index is 0.252. The van der Waals surface area contributed by atoms with Gasteiger partial charge in [0.05, 0.1) is 14.2 Å². The maximum atomic E-state index is 9.67. The van der Waals surface area contributed by atoms with E-state index in [1.165, 1.54) is 24.0 Å². The highest BCUT2D eigenvalue weighted by Gasteiger charge is 2.35. The van der Waals surface area contributed by atoms with Crippen LogP contribution in [-0.4, -0.2) is 25.9 Å². The average Bonchev–Trinajstić information content (AvgIpc) is 2.81. The molecule has 0 heterocycles. The largest absolute Gasteiger partial charge is 0.497 e. The number of hydrogen-bond acceptors (Lipinski definition) is 3. The molecule has 0 amide bonds. The molecule has 0 aromatic heterocycles. The quantitative estimate of drug-likeness (QED) is 0.868. The van der Waals surface area contributed by atoms with E-state index in [9.17, 15) is 5.11 Å². The Morgan fingerprint density at radius 2 is 1.88 bits per heavy atom. The number of benzene rings is 1. The van der Waals surface area contributed by atoms with Crippen LogP contribution in [0.2, 0.25) is 0 Å². The first-order chi connectivity index (χ1) is 11.8. The lowest BCUT2D eigenvalue weighted by atomic mass is 9.71. The third-order valence-electron chi connectivity index (χ3n) is 5.63. The second-order valence-corrected chi connectivity index (χ2v) is 6.82. The van der Waals surface area contributed by atoms with E-state index < -0.39 is 0 Å². The van der Waals surface area contributed by atoms with Gasteiger partial charge in [-0.15, -0.1) is 0 Å². The van der Waals surface area contributed by atoms with Crippen LogP contribution >= 0.6 is 0 Å². The van der Waals surface area contributed by atoms with Crippen LogP contribution in [0.15, 0.2) is 47.7 Å². The van der Waals surface area contributed by atoms with Crippen molar-refractivity contribution < 1.29 is 14.6 Å². The molecule has 2 aliphatic carbocycles. The van der Waals surface area contributed by atoms with E-state index in [-0.39, 0.29) is 6.61 Å². The third kappa shape index (κ3) is 3.51. The molecule has 1 aromatic carbocycles. The molecule has 3 nitrogen and oxygen atoms in total. The van der Waals surface area contributed by atoms with Crippen molar-refractivity contribution in [1.82, 2.24) is 0 Å². The molecule has 3 heteroatoms. The molecular formula is C21H28O3. The maximum absolute atomic E-state index is 9.67. The molecule has 1 N–H and O–H groups in total. The maximum Gasteiger partial charge on any atom is 0.118 e. The van der Waals surface area contributed by atoms with E-state index in [0.717, 1.165) is 30.8 Å². The molecule has 0 radical (unpaired) electrons. The van der Waals surface area contributed by atoms with Crippen molar-refractivity contribution in [3.8, 4) is 5.75 Å². The van der Waals surface area contributed by atoms with Gasteiger partial charge < -0.3 is 14.6 Å². The van der Waals surface area contributed by atoms with Crippen molar-refractivity contribution in [2.75, 3.05) is 20.8 Å². The summed E-state index contributed by atoms with van der Waals surface area (Å²) >= 11 is 0. The summed E-state index contributed by atoms with van der Waals surface area (Å²) in [6.07, 6.45) is 9.82. The van der Waals surface area contributed by atoms with Gasteiger partial charge in [-0.3, -0.25) is 0 Å². The summed E-state index contributed by atoms with van der Waals surface area (Å²) in [5.74, 6) is 3.39. The van der Waals surface area contributed by atoms with Crippen LogP contribution in [0.4, 0.5) is 0 Å². The average molecular weight is 328 g/mol. The summed E-state index contributed by atoms with van der Waals surface area (Å²) in [7, 11) is 3.44. The molecule has 0 saturated heterocycles. The van der Waals surface area contributed by atoms with Crippen molar-refractivity contribution >= 4 is 0 Å². The molecule has 3 rings (SSSR count). The summed E-state index contributed by atoms with van der Waals surface area (Å²) in [6, 6.07) is 8.50. The zero-order valence-corrected chi connectivity index (χ0v) is 14.7. The topological polar surface area (TPSA) is 38.7 Å². The number of aliphatic hydroxyl groups is 1. The number of hydrogen-bond donors (Lipinski definition) is 1. The van der Waals surface area contributed by atoms with Gasteiger partial charge in [0.2, 0.25) is 0 Å². The van der Waals surface area contributed by atoms with Gasteiger partial charge in [-0.1, -0.05) is 17.7 Å². The summed E-state index contributed by atoms with van der Waals surface area (Å²) in [6.45, 7) is 0.252. The zero-order chi connectivity index (χ0) is 16.9. The summed E-state index contributed by atoms with van der Waals surface area (Å²) in [5.41, 5.74) is 2.88. The van der Waals surface area contributed by atoms with Gasteiger partial charge >= 0.3 is 0 Å². The third-order valence-corrected chi connectivity index (χ3v) is 5.63. The molecule has 2 aliphatic rings. The Labute approximate surface area is 145 Å². The standard InChI is InChI=1S/C21H28O3/c1-23-17-8-6-15(7-9-17)19-5-3-4-16-14-18(24-2)10-11-20(16)21(19)12-13-22/h6-10,14,19-22H,3-5,11-13H2,1-2H3. The van der Waals surface area contributed by atoms with E-state index in [2.05, 4.69) is 36.4 Å². The molecule has 130 valence electrons. The SMILES string of the molecule is COC1=CCC2C(=C1)CCCC(c1ccc(OC)cc1)C2CCO. The summed E-state index contributed by atoms with van der Waals surface area (Å²) in [5, 5.41) is 9.67. The highest BCUT2D eigenvalue weighted by Crippen LogP contribution is 2.47. The fourth-order valence-corrected chi connectivity index (χ4v) is 4.43. The Morgan fingerprint density at radius 3 is 2.54 bits per heavy atom. The lowest BCUT2D eigenvalue weighted by Gasteiger charge is -2.34. The minimum Gasteiger partial charge on any atom is -0.497 e. The van der Waals surface area contributed by atoms with Crippen LogP contribution < -0.4 is 4.74 Å². The Kier molecular flexibility index (Phi) is 5.62. The van der Waals surface area contributed by atoms with Crippen LogP contribution in [-0.2, 0) is 4.74 Å². The highest BCUT2D eigenvalue weighted by molar-refractivity contribution is 5.33. The van der Waals surface area contributed by atoms with E-state index in [4.69, 9.17) is 9.47 Å². The van der Waals surface area contributed by atoms with Crippen LogP contribution in [0.3, 0.4) is 0 Å². The van der Waals surface area contributed by atoms with E-state index in [0.29, 0.717) is 17.8 Å². The van der Waals surface area contributed by atoms with Gasteiger partial charge in [0.1, 0.15) is 11.5 Å². The molecule has 1 saturated carbocycles. The van der Waals surface area contributed by atoms with Gasteiger partial charge in [0.25, 0.3) is 0 Å². The molecule has 0 bridgehead atoms. The molecule has 0 aliphatic heterocycles. The lowest BCUT2D eigenvalue weighted by molar-refractivity contribution is 0.207. The summed E-state index contributed by atoms with van der Waals surface area (Å²) in [4.78, 5) is 0. The van der Waals surface area contributed by atoms with E-state index in [1.807, 2.05) is 0 Å².